The van der Waals surface area contributed by atoms with E-state index in [1.54, 1.807) is 0 Å². The van der Waals surface area contributed by atoms with E-state index in [-0.39, 0.29) is 0 Å². The number of hydrogen-bond acceptors (Lipinski definition) is 2. The highest BCUT2D eigenvalue weighted by Gasteiger charge is 2.24. The van der Waals surface area contributed by atoms with Gasteiger partial charge in [-0.1, -0.05) is 55.3 Å². The third-order valence-corrected chi connectivity index (χ3v) is 5.14. The lowest BCUT2D eigenvalue weighted by molar-refractivity contribution is -0.133. The molecule has 1 saturated heterocycles. The topological polar surface area (TPSA) is 23.6 Å². The van der Waals surface area contributed by atoms with Crippen molar-refractivity contribution in [3.63, 3.8) is 0 Å². The summed E-state index contributed by atoms with van der Waals surface area (Å²) >= 11 is 0. The molecule has 0 atom stereocenters. The fourth-order valence-corrected chi connectivity index (χ4v) is 3.67. The van der Waals surface area contributed by atoms with Crippen LogP contribution in [0.15, 0.2) is 36.4 Å². The summed E-state index contributed by atoms with van der Waals surface area (Å²) < 4.78 is 0. The standard InChI is InChI=1S/C20H28N2O/c23-20(17-19-9-4-5-10-19)22-15-13-21(14-16-22)12-6-11-18-7-2-1-3-8-18/h1-3,6-8,11,19H,4-5,9-10,12-17H2. The van der Waals surface area contributed by atoms with Crippen molar-refractivity contribution in [2.75, 3.05) is 32.7 Å². The van der Waals surface area contributed by atoms with Crippen LogP contribution in [-0.4, -0.2) is 48.4 Å². The lowest BCUT2D eigenvalue weighted by atomic mass is 10.0. The van der Waals surface area contributed by atoms with E-state index in [4.69, 9.17) is 0 Å². The summed E-state index contributed by atoms with van der Waals surface area (Å²) in [5.41, 5.74) is 1.25. The third kappa shape index (κ3) is 4.93. The number of carbonyl (C=O) groups is 1. The number of rotatable bonds is 5. The first kappa shape index (κ1) is 16.3. The van der Waals surface area contributed by atoms with Crippen LogP contribution in [0.3, 0.4) is 0 Å². The number of benzene rings is 1. The molecule has 1 saturated carbocycles. The van der Waals surface area contributed by atoms with E-state index in [0.717, 1.165) is 39.1 Å². The summed E-state index contributed by atoms with van der Waals surface area (Å²) in [6.07, 6.45) is 10.3. The number of piperazine rings is 1. The quantitative estimate of drug-likeness (QED) is 0.831. The molecular formula is C20H28N2O. The highest BCUT2D eigenvalue weighted by molar-refractivity contribution is 5.76. The van der Waals surface area contributed by atoms with E-state index in [0.29, 0.717) is 11.8 Å². The van der Waals surface area contributed by atoms with Crippen molar-refractivity contribution in [3.8, 4) is 0 Å². The van der Waals surface area contributed by atoms with Gasteiger partial charge in [0.2, 0.25) is 5.91 Å². The largest absolute Gasteiger partial charge is 0.340 e. The minimum absolute atomic E-state index is 0.386. The van der Waals surface area contributed by atoms with Crippen LogP contribution in [0.1, 0.15) is 37.7 Å². The molecule has 3 rings (SSSR count). The lowest BCUT2D eigenvalue weighted by Crippen LogP contribution is -2.48. The van der Waals surface area contributed by atoms with Gasteiger partial charge in [0.25, 0.3) is 0 Å². The maximum atomic E-state index is 12.4. The molecule has 124 valence electrons. The third-order valence-electron chi connectivity index (χ3n) is 5.14. The first-order chi connectivity index (χ1) is 11.3. The van der Waals surface area contributed by atoms with Crippen LogP contribution in [0.25, 0.3) is 6.08 Å². The molecule has 1 amide bonds. The Labute approximate surface area is 140 Å². The first-order valence-electron chi connectivity index (χ1n) is 9.03. The van der Waals surface area contributed by atoms with Gasteiger partial charge in [0, 0.05) is 39.1 Å². The van der Waals surface area contributed by atoms with Gasteiger partial charge in [0.1, 0.15) is 0 Å². The molecule has 2 fully saturated rings. The Morgan fingerprint density at radius 2 is 1.74 bits per heavy atom. The molecule has 1 aromatic carbocycles. The molecule has 3 nitrogen and oxygen atoms in total. The van der Waals surface area contributed by atoms with Gasteiger partial charge >= 0.3 is 0 Å². The van der Waals surface area contributed by atoms with Crippen molar-refractivity contribution < 1.29 is 4.79 Å². The molecule has 23 heavy (non-hydrogen) atoms. The average molecular weight is 312 g/mol. The molecule has 1 aliphatic heterocycles. The zero-order valence-corrected chi connectivity index (χ0v) is 14.0. The fourth-order valence-electron chi connectivity index (χ4n) is 3.67. The molecule has 0 bridgehead atoms. The van der Waals surface area contributed by atoms with Crippen molar-refractivity contribution in [2.24, 2.45) is 5.92 Å². The Morgan fingerprint density at radius 3 is 2.43 bits per heavy atom. The molecule has 0 spiro atoms. The maximum Gasteiger partial charge on any atom is 0.222 e. The molecule has 0 N–H and O–H groups in total. The van der Waals surface area contributed by atoms with E-state index in [9.17, 15) is 4.79 Å². The van der Waals surface area contributed by atoms with Crippen molar-refractivity contribution in [2.45, 2.75) is 32.1 Å². The second kappa shape index (κ2) is 8.30. The summed E-state index contributed by atoms with van der Waals surface area (Å²) in [7, 11) is 0. The van der Waals surface area contributed by atoms with E-state index in [2.05, 4.69) is 46.2 Å². The molecule has 0 aromatic heterocycles. The van der Waals surface area contributed by atoms with Crippen LogP contribution in [0, 0.1) is 5.92 Å². The Balaban J connectivity index is 1.38. The van der Waals surface area contributed by atoms with Crippen molar-refractivity contribution in [3.05, 3.63) is 42.0 Å². The van der Waals surface area contributed by atoms with Crippen LogP contribution >= 0.6 is 0 Å². The number of amides is 1. The molecule has 1 aliphatic carbocycles. The van der Waals surface area contributed by atoms with Crippen molar-refractivity contribution >= 4 is 12.0 Å². The second-order valence-corrected chi connectivity index (χ2v) is 6.85. The monoisotopic (exact) mass is 312 g/mol. The minimum Gasteiger partial charge on any atom is -0.340 e. The molecule has 1 heterocycles. The van der Waals surface area contributed by atoms with Gasteiger partial charge in [0.15, 0.2) is 0 Å². The van der Waals surface area contributed by atoms with Gasteiger partial charge in [0.05, 0.1) is 0 Å². The van der Waals surface area contributed by atoms with E-state index in [1.807, 2.05) is 6.07 Å². The SMILES string of the molecule is O=C(CC1CCCC1)N1CCN(CC=Cc2ccccc2)CC1. The van der Waals surface area contributed by atoms with Gasteiger partial charge in [-0.3, -0.25) is 9.69 Å². The van der Waals surface area contributed by atoms with Gasteiger partial charge in [-0.05, 0) is 24.3 Å². The maximum absolute atomic E-state index is 12.4. The Hall–Kier alpha value is -1.61. The summed E-state index contributed by atoms with van der Waals surface area (Å²) in [5, 5.41) is 0. The molecule has 3 heteroatoms. The lowest BCUT2D eigenvalue weighted by Gasteiger charge is -2.34. The van der Waals surface area contributed by atoms with E-state index < -0.39 is 0 Å². The van der Waals surface area contributed by atoms with Crippen molar-refractivity contribution in [1.82, 2.24) is 9.80 Å². The molecule has 2 aliphatic rings. The predicted octanol–water partition coefficient (Wildman–Crippen LogP) is 3.42. The Bertz CT molecular complexity index is 512. The number of carbonyl (C=O) groups excluding carboxylic acids is 1. The molecule has 1 aromatic rings. The highest BCUT2D eigenvalue weighted by Crippen LogP contribution is 2.28. The van der Waals surface area contributed by atoms with Gasteiger partial charge in [-0.2, -0.15) is 0 Å². The van der Waals surface area contributed by atoms with Crippen LogP contribution in [0.2, 0.25) is 0 Å². The zero-order valence-electron chi connectivity index (χ0n) is 14.0. The Kier molecular flexibility index (Phi) is 5.87. The van der Waals surface area contributed by atoms with Gasteiger partial charge < -0.3 is 4.90 Å². The average Bonchev–Trinajstić information content (AvgIpc) is 3.09. The normalized spacial score (nSPS) is 20.4. The van der Waals surface area contributed by atoms with Crippen LogP contribution in [0.5, 0.6) is 0 Å². The first-order valence-corrected chi connectivity index (χ1v) is 9.03. The molecular weight excluding hydrogens is 284 g/mol. The fraction of sp³-hybridized carbons (Fsp3) is 0.550. The summed E-state index contributed by atoms with van der Waals surface area (Å²) in [4.78, 5) is 16.9. The Morgan fingerprint density at radius 1 is 1.04 bits per heavy atom. The highest BCUT2D eigenvalue weighted by atomic mass is 16.2. The number of hydrogen-bond donors (Lipinski definition) is 0. The minimum atomic E-state index is 0.386. The summed E-state index contributed by atoms with van der Waals surface area (Å²) in [6, 6.07) is 10.4. The summed E-state index contributed by atoms with van der Waals surface area (Å²) in [6.45, 7) is 4.75. The van der Waals surface area contributed by atoms with Crippen LogP contribution in [-0.2, 0) is 4.79 Å². The molecule has 0 unspecified atom stereocenters. The van der Waals surface area contributed by atoms with Crippen LogP contribution < -0.4 is 0 Å². The van der Waals surface area contributed by atoms with Crippen molar-refractivity contribution in [1.29, 1.82) is 0 Å². The van der Waals surface area contributed by atoms with E-state index in [1.165, 1.54) is 31.2 Å². The van der Waals surface area contributed by atoms with Gasteiger partial charge in [-0.15, -0.1) is 0 Å². The smallest absolute Gasteiger partial charge is 0.222 e. The van der Waals surface area contributed by atoms with E-state index >= 15 is 0 Å². The zero-order chi connectivity index (χ0) is 15.9. The van der Waals surface area contributed by atoms with Gasteiger partial charge in [-0.25, -0.2) is 0 Å². The second-order valence-electron chi connectivity index (χ2n) is 6.85. The molecule has 0 radical (unpaired) electrons. The number of nitrogens with zero attached hydrogens (tertiary/aromatic N) is 2. The van der Waals surface area contributed by atoms with Crippen LogP contribution in [0.4, 0.5) is 0 Å². The summed E-state index contributed by atoms with van der Waals surface area (Å²) in [5.74, 6) is 1.05. The predicted molar refractivity (Wildman–Crippen MR) is 95.1 cm³/mol.